The van der Waals surface area contributed by atoms with Crippen LogP contribution in [-0.4, -0.2) is 20.4 Å². The van der Waals surface area contributed by atoms with E-state index in [9.17, 15) is 9.59 Å². The molecule has 0 spiro atoms. The lowest BCUT2D eigenvalue weighted by Gasteiger charge is -2.09. The number of nitrogens with zero attached hydrogens (tertiary/aromatic N) is 3. The number of hydrogen-bond acceptors (Lipinski definition) is 5. The Kier molecular flexibility index (Phi) is 3.81. The molecule has 0 radical (unpaired) electrons. The molecule has 4 aromatic rings. The van der Waals surface area contributed by atoms with Crippen molar-refractivity contribution in [1.82, 2.24) is 14.5 Å². The van der Waals surface area contributed by atoms with Crippen LogP contribution in [-0.2, 0) is 7.05 Å². The molecule has 2 aromatic heterocycles. The molecule has 0 saturated heterocycles. The minimum absolute atomic E-state index is 0.136. The summed E-state index contributed by atoms with van der Waals surface area (Å²) in [6.07, 6.45) is 0. The monoisotopic (exact) mass is 364 g/mol. The molecule has 1 amide bonds. The van der Waals surface area contributed by atoms with Gasteiger partial charge < -0.3 is 9.88 Å². The second-order valence-electron chi connectivity index (χ2n) is 6.13. The van der Waals surface area contributed by atoms with E-state index in [1.165, 1.54) is 0 Å². The topological polar surface area (TPSA) is 76.9 Å². The number of thiazole rings is 1. The van der Waals surface area contributed by atoms with Crippen LogP contribution in [0.15, 0.2) is 41.2 Å². The van der Waals surface area contributed by atoms with Crippen LogP contribution in [0.5, 0.6) is 0 Å². The fraction of sp³-hybridized carbons (Fsp3) is 0.158. The Hall–Kier alpha value is -3.06. The van der Waals surface area contributed by atoms with E-state index >= 15 is 0 Å². The van der Waals surface area contributed by atoms with Gasteiger partial charge in [-0.3, -0.25) is 9.59 Å². The summed E-state index contributed by atoms with van der Waals surface area (Å²) in [4.78, 5) is 33.3. The zero-order valence-electron chi connectivity index (χ0n) is 14.5. The normalized spacial score (nSPS) is 11.2. The second kappa shape index (κ2) is 6.03. The largest absolute Gasteiger partial charge is 0.322 e. The fourth-order valence-electron chi connectivity index (χ4n) is 2.94. The molecule has 2 aromatic carbocycles. The number of amides is 1. The van der Waals surface area contributed by atoms with Gasteiger partial charge in [-0.1, -0.05) is 0 Å². The third-order valence-electron chi connectivity index (χ3n) is 4.25. The first-order valence-corrected chi connectivity index (χ1v) is 8.90. The van der Waals surface area contributed by atoms with Gasteiger partial charge in [0.1, 0.15) is 5.69 Å². The maximum Gasteiger partial charge on any atom is 0.272 e. The van der Waals surface area contributed by atoms with Crippen molar-refractivity contribution in [2.75, 3.05) is 5.32 Å². The first kappa shape index (κ1) is 16.4. The van der Waals surface area contributed by atoms with E-state index in [-0.39, 0.29) is 11.5 Å². The van der Waals surface area contributed by atoms with Gasteiger partial charge in [0.2, 0.25) is 0 Å². The molecule has 0 bridgehead atoms. The van der Waals surface area contributed by atoms with E-state index < -0.39 is 0 Å². The Morgan fingerprint density at radius 2 is 1.88 bits per heavy atom. The van der Waals surface area contributed by atoms with Crippen molar-refractivity contribution in [1.29, 1.82) is 0 Å². The van der Waals surface area contributed by atoms with Crippen molar-refractivity contribution < 1.29 is 4.79 Å². The van der Waals surface area contributed by atoms with Gasteiger partial charge in [-0.15, -0.1) is 11.3 Å². The van der Waals surface area contributed by atoms with E-state index in [1.807, 2.05) is 25.1 Å². The predicted molar refractivity (Wildman–Crippen MR) is 104 cm³/mol. The summed E-state index contributed by atoms with van der Waals surface area (Å²) in [5.74, 6) is -0.221. The molecule has 0 aliphatic carbocycles. The quantitative estimate of drug-likeness (QED) is 0.591. The molecule has 26 heavy (non-hydrogen) atoms. The summed E-state index contributed by atoms with van der Waals surface area (Å²) >= 11 is 1.59. The van der Waals surface area contributed by atoms with Gasteiger partial charge in [0.25, 0.3) is 11.5 Å². The first-order chi connectivity index (χ1) is 12.4. The summed E-state index contributed by atoms with van der Waals surface area (Å²) in [6.45, 7) is 3.63. The van der Waals surface area contributed by atoms with Gasteiger partial charge >= 0.3 is 0 Å². The molecule has 0 fully saturated rings. The van der Waals surface area contributed by atoms with Crippen LogP contribution >= 0.6 is 11.3 Å². The molecule has 1 N–H and O–H groups in total. The van der Waals surface area contributed by atoms with Crippen molar-refractivity contribution in [3.63, 3.8) is 0 Å². The molecule has 4 rings (SSSR count). The average Bonchev–Trinajstić information content (AvgIpc) is 2.98. The molecule has 0 aliphatic heterocycles. The fourth-order valence-corrected chi connectivity index (χ4v) is 3.81. The maximum absolute atomic E-state index is 12.6. The summed E-state index contributed by atoms with van der Waals surface area (Å²) in [7, 11) is 1.70. The van der Waals surface area contributed by atoms with Crippen molar-refractivity contribution in [3.8, 4) is 0 Å². The lowest BCUT2D eigenvalue weighted by Crippen LogP contribution is -2.21. The highest BCUT2D eigenvalue weighted by molar-refractivity contribution is 7.18. The van der Waals surface area contributed by atoms with Crippen molar-refractivity contribution in [3.05, 3.63) is 63.0 Å². The highest BCUT2D eigenvalue weighted by Crippen LogP contribution is 2.25. The number of anilines is 1. The van der Waals surface area contributed by atoms with Crippen LogP contribution in [0.4, 0.5) is 5.69 Å². The van der Waals surface area contributed by atoms with Crippen LogP contribution in [0.1, 0.15) is 21.1 Å². The Balaban J connectivity index is 1.68. The van der Waals surface area contributed by atoms with E-state index in [0.717, 1.165) is 20.9 Å². The van der Waals surface area contributed by atoms with Crippen molar-refractivity contribution in [2.45, 2.75) is 13.8 Å². The summed E-state index contributed by atoms with van der Waals surface area (Å²) in [5.41, 5.74) is 3.71. The Bertz CT molecular complexity index is 1240. The third-order valence-corrected chi connectivity index (χ3v) is 5.19. The zero-order chi connectivity index (χ0) is 18.4. The molecule has 130 valence electrons. The number of benzene rings is 2. The molecular formula is C19H16N4O2S. The lowest BCUT2D eigenvalue weighted by atomic mass is 10.1. The number of carbonyl (C=O) groups excluding carboxylic acids is 1. The van der Waals surface area contributed by atoms with Crippen LogP contribution in [0, 0.1) is 13.8 Å². The molecule has 0 unspecified atom stereocenters. The third kappa shape index (κ3) is 2.76. The van der Waals surface area contributed by atoms with E-state index in [1.54, 1.807) is 48.1 Å². The minimum Gasteiger partial charge on any atom is -0.322 e. The Morgan fingerprint density at radius 1 is 1.08 bits per heavy atom. The number of aryl methyl sites for hydroxylation is 3. The molecule has 0 aliphatic rings. The Labute approximate surface area is 153 Å². The lowest BCUT2D eigenvalue weighted by molar-refractivity contribution is 0.102. The number of fused-ring (bicyclic) bond motifs is 2. The predicted octanol–water partition coefficient (Wildman–Crippen LogP) is 3.41. The van der Waals surface area contributed by atoms with Gasteiger partial charge in [-0.25, -0.2) is 9.97 Å². The smallest absolute Gasteiger partial charge is 0.272 e. The standard InChI is InChI=1S/C19H16N4O2S/c1-10-19(25)23(3)16-7-4-12(8-15(16)20-10)18(24)22-13-5-6-14-17(9-13)26-11(2)21-14/h4-9H,1-3H3,(H,22,24). The van der Waals surface area contributed by atoms with Crippen molar-refractivity contribution in [2.24, 2.45) is 7.05 Å². The molecular weight excluding hydrogens is 348 g/mol. The number of aromatic nitrogens is 3. The van der Waals surface area contributed by atoms with Crippen molar-refractivity contribution >= 4 is 44.2 Å². The van der Waals surface area contributed by atoms with Crippen LogP contribution in [0.3, 0.4) is 0 Å². The van der Waals surface area contributed by atoms with Gasteiger partial charge in [-0.2, -0.15) is 0 Å². The SMILES string of the molecule is Cc1nc2ccc(NC(=O)c3ccc4c(c3)nc(C)c(=O)n4C)cc2s1. The van der Waals surface area contributed by atoms with E-state index in [0.29, 0.717) is 22.3 Å². The number of carbonyl (C=O) groups is 1. The molecule has 0 saturated carbocycles. The first-order valence-electron chi connectivity index (χ1n) is 8.08. The number of rotatable bonds is 2. The highest BCUT2D eigenvalue weighted by atomic mass is 32.1. The second-order valence-corrected chi connectivity index (χ2v) is 7.37. The maximum atomic E-state index is 12.6. The van der Waals surface area contributed by atoms with Crippen LogP contribution in [0.2, 0.25) is 0 Å². The highest BCUT2D eigenvalue weighted by Gasteiger charge is 2.11. The van der Waals surface area contributed by atoms with E-state index in [4.69, 9.17) is 0 Å². The molecule has 6 nitrogen and oxygen atoms in total. The summed E-state index contributed by atoms with van der Waals surface area (Å²) in [6, 6.07) is 10.8. The van der Waals surface area contributed by atoms with Gasteiger partial charge in [-0.05, 0) is 50.2 Å². The van der Waals surface area contributed by atoms with Gasteiger partial charge in [0.15, 0.2) is 0 Å². The summed E-state index contributed by atoms with van der Waals surface area (Å²) in [5, 5.41) is 3.90. The zero-order valence-corrected chi connectivity index (χ0v) is 15.3. The molecule has 7 heteroatoms. The van der Waals surface area contributed by atoms with Crippen LogP contribution < -0.4 is 10.9 Å². The van der Waals surface area contributed by atoms with Crippen LogP contribution in [0.25, 0.3) is 21.3 Å². The van der Waals surface area contributed by atoms with E-state index in [2.05, 4.69) is 15.3 Å². The van der Waals surface area contributed by atoms with Gasteiger partial charge in [0, 0.05) is 18.3 Å². The molecule has 2 heterocycles. The minimum atomic E-state index is -0.221. The average molecular weight is 364 g/mol. The van der Waals surface area contributed by atoms with Gasteiger partial charge in [0.05, 0.1) is 26.3 Å². The number of hydrogen-bond donors (Lipinski definition) is 1. The number of nitrogens with one attached hydrogen (secondary N) is 1. The Morgan fingerprint density at radius 3 is 2.69 bits per heavy atom. The molecule has 0 atom stereocenters. The summed E-state index contributed by atoms with van der Waals surface area (Å²) < 4.78 is 2.57.